The molecule has 1 aromatic carbocycles. The van der Waals surface area contributed by atoms with Crippen LogP contribution < -0.4 is 10.6 Å². The van der Waals surface area contributed by atoms with E-state index in [1.54, 1.807) is 7.05 Å². The summed E-state index contributed by atoms with van der Waals surface area (Å²) < 4.78 is 28.6. The molecule has 7 heteroatoms. The Balaban J connectivity index is 1.53. The number of unbranched alkanes of at least 4 members (excludes halogenated alkanes) is 1. The number of aliphatic imine (C=N–C) groups is 1. The predicted molar refractivity (Wildman–Crippen MR) is 96.9 cm³/mol. The molecule has 1 heterocycles. The van der Waals surface area contributed by atoms with E-state index in [2.05, 4.69) is 27.8 Å². The molecule has 0 amide bonds. The Morgan fingerprint density at radius 1 is 1.29 bits per heavy atom. The fourth-order valence-electron chi connectivity index (χ4n) is 2.60. The monoisotopic (exact) mass is 353 g/mol. The smallest absolute Gasteiger partial charge is 0.191 e. The highest BCUT2D eigenvalue weighted by Crippen LogP contribution is 2.10. The van der Waals surface area contributed by atoms with Crippen LogP contribution in [0.3, 0.4) is 0 Å². The van der Waals surface area contributed by atoms with Crippen molar-refractivity contribution in [2.45, 2.75) is 31.9 Å². The van der Waals surface area contributed by atoms with Crippen LogP contribution >= 0.6 is 0 Å². The highest BCUT2D eigenvalue weighted by atomic mass is 32.2. The number of benzene rings is 1. The summed E-state index contributed by atoms with van der Waals surface area (Å²) in [6, 6.07) is 10.1. The normalized spacial score (nSPS) is 20.0. The van der Waals surface area contributed by atoms with E-state index in [1.807, 2.05) is 18.2 Å². The molecular formula is C17H27N3O3S. The van der Waals surface area contributed by atoms with Crippen LogP contribution in [0, 0.1) is 0 Å². The molecule has 1 aliphatic rings. The average molecular weight is 353 g/mol. The molecule has 1 aliphatic heterocycles. The summed E-state index contributed by atoms with van der Waals surface area (Å²) >= 11 is 0. The Labute approximate surface area is 144 Å². The third-order valence-corrected chi connectivity index (χ3v) is 5.68. The summed E-state index contributed by atoms with van der Waals surface area (Å²) in [4.78, 5) is 4.14. The fraction of sp³-hybridized carbons (Fsp3) is 0.588. The van der Waals surface area contributed by atoms with Gasteiger partial charge >= 0.3 is 0 Å². The first-order valence-corrected chi connectivity index (χ1v) is 10.2. The summed E-state index contributed by atoms with van der Waals surface area (Å²) in [5.74, 6) is 1.13. The molecule has 1 unspecified atom stereocenters. The van der Waals surface area contributed by atoms with Crippen molar-refractivity contribution in [3.05, 3.63) is 35.9 Å². The molecule has 2 rings (SSSR count). The van der Waals surface area contributed by atoms with E-state index in [9.17, 15) is 8.42 Å². The van der Waals surface area contributed by atoms with Gasteiger partial charge in [-0.3, -0.25) is 4.99 Å². The quantitative estimate of drug-likeness (QED) is 0.419. The van der Waals surface area contributed by atoms with Crippen molar-refractivity contribution in [2.24, 2.45) is 4.99 Å². The van der Waals surface area contributed by atoms with Crippen molar-refractivity contribution >= 4 is 15.8 Å². The number of nitrogens with zero attached hydrogens (tertiary/aromatic N) is 1. The Bertz CT molecular complexity index is 617. The third kappa shape index (κ3) is 6.88. The van der Waals surface area contributed by atoms with Crippen LogP contribution in [0.4, 0.5) is 0 Å². The van der Waals surface area contributed by atoms with Gasteiger partial charge in [0.1, 0.15) is 0 Å². The second-order valence-corrected chi connectivity index (χ2v) is 8.22. The molecule has 0 radical (unpaired) electrons. The topological polar surface area (TPSA) is 79.8 Å². The minimum atomic E-state index is -2.87. The minimum absolute atomic E-state index is 0.0320. The highest BCUT2D eigenvalue weighted by molar-refractivity contribution is 7.91. The second-order valence-electron chi connectivity index (χ2n) is 5.99. The maximum Gasteiger partial charge on any atom is 0.191 e. The molecule has 1 saturated heterocycles. The van der Waals surface area contributed by atoms with Crippen molar-refractivity contribution in [1.29, 1.82) is 0 Å². The van der Waals surface area contributed by atoms with Crippen LogP contribution in [0.1, 0.15) is 24.8 Å². The van der Waals surface area contributed by atoms with E-state index in [4.69, 9.17) is 4.74 Å². The number of hydrogen-bond acceptors (Lipinski definition) is 4. The van der Waals surface area contributed by atoms with Crippen molar-refractivity contribution in [3.63, 3.8) is 0 Å². The molecular weight excluding hydrogens is 326 g/mol. The summed E-state index contributed by atoms with van der Waals surface area (Å²) in [5.41, 5.74) is 1.19. The van der Waals surface area contributed by atoms with Crippen LogP contribution in [0.25, 0.3) is 0 Å². The first-order valence-electron chi connectivity index (χ1n) is 8.38. The molecule has 1 aromatic rings. The molecule has 1 atom stereocenters. The number of sulfone groups is 1. The Kier molecular flexibility index (Phi) is 7.52. The zero-order chi connectivity index (χ0) is 17.3. The van der Waals surface area contributed by atoms with E-state index >= 15 is 0 Å². The lowest BCUT2D eigenvalue weighted by Crippen LogP contribution is -2.44. The third-order valence-electron chi connectivity index (χ3n) is 3.92. The molecule has 0 aromatic heterocycles. The van der Waals surface area contributed by atoms with E-state index in [1.165, 1.54) is 5.56 Å². The minimum Gasteiger partial charge on any atom is -0.377 e. The summed E-state index contributed by atoms with van der Waals surface area (Å²) in [6.07, 6.45) is 2.59. The molecule has 2 N–H and O–H groups in total. The lowest BCUT2D eigenvalue weighted by molar-refractivity contribution is 0.117. The molecule has 6 nitrogen and oxygen atoms in total. The average Bonchev–Trinajstić information content (AvgIpc) is 2.92. The van der Waals surface area contributed by atoms with Crippen molar-refractivity contribution in [2.75, 3.05) is 31.7 Å². The van der Waals surface area contributed by atoms with Crippen LogP contribution in [0.15, 0.2) is 35.3 Å². The van der Waals surface area contributed by atoms with Gasteiger partial charge in [-0.1, -0.05) is 30.3 Å². The number of hydrogen-bond donors (Lipinski definition) is 2. The lowest BCUT2D eigenvalue weighted by Gasteiger charge is -2.16. The van der Waals surface area contributed by atoms with Gasteiger partial charge in [-0.2, -0.15) is 0 Å². The molecule has 1 fully saturated rings. The van der Waals surface area contributed by atoms with Crippen molar-refractivity contribution < 1.29 is 13.2 Å². The molecule has 134 valence electrons. The Morgan fingerprint density at radius 3 is 2.75 bits per heavy atom. The van der Waals surface area contributed by atoms with Gasteiger partial charge in [0, 0.05) is 26.2 Å². The van der Waals surface area contributed by atoms with E-state index in [-0.39, 0.29) is 17.5 Å². The highest BCUT2D eigenvalue weighted by Gasteiger charge is 2.28. The maximum absolute atomic E-state index is 11.5. The summed E-state index contributed by atoms with van der Waals surface area (Å²) in [5, 5.41) is 6.39. The number of ether oxygens (including phenoxy) is 1. The van der Waals surface area contributed by atoms with Gasteiger partial charge in [0.15, 0.2) is 15.8 Å². The fourth-order valence-corrected chi connectivity index (χ4v) is 4.27. The molecule has 0 aliphatic carbocycles. The van der Waals surface area contributed by atoms with Crippen molar-refractivity contribution in [3.8, 4) is 0 Å². The maximum atomic E-state index is 11.5. The second kappa shape index (κ2) is 9.64. The summed E-state index contributed by atoms with van der Waals surface area (Å²) in [6.45, 7) is 2.16. The van der Waals surface area contributed by atoms with E-state index < -0.39 is 9.84 Å². The number of guanidine groups is 1. The van der Waals surface area contributed by atoms with Gasteiger partial charge < -0.3 is 15.4 Å². The zero-order valence-electron chi connectivity index (χ0n) is 14.2. The molecule has 0 spiro atoms. The lowest BCUT2D eigenvalue weighted by atomic mass is 10.2. The van der Waals surface area contributed by atoms with Gasteiger partial charge in [-0.05, 0) is 24.8 Å². The van der Waals surface area contributed by atoms with Crippen LogP contribution in [-0.4, -0.2) is 52.1 Å². The molecule has 0 bridgehead atoms. The van der Waals surface area contributed by atoms with Crippen LogP contribution in [-0.2, 0) is 21.2 Å². The van der Waals surface area contributed by atoms with E-state index in [0.717, 1.165) is 26.0 Å². The van der Waals surface area contributed by atoms with Crippen LogP contribution in [0.5, 0.6) is 0 Å². The first kappa shape index (κ1) is 18.7. The standard InChI is InChI=1S/C17H27N3O3S/c1-18-17(20-16-9-12-24(21,22)14-16)19-10-5-6-11-23-13-15-7-3-2-4-8-15/h2-4,7-8,16H,5-6,9-14H2,1H3,(H2,18,19,20). The predicted octanol–water partition coefficient (Wildman–Crippen LogP) is 1.34. The molecule has 0 saturated carbocycles. The van der Waals surface area contributed by atoms with Crippen LogP contribution in [0.2, 0.25) is 0 Å². The van der Waals surface area contributed by atoms with Gasteiger partial charge in [-0.15, -0.1) is 0 Å². The largest absolute Gasteiger partial charge is 0.377 e. The number of rotatable bonds is 8. The van der Waals surface area contributed by atoms with Gasteiger partial charge in [0.25, 0.3) is 0 Å². The first-order chi connectivity index (χ1) is 11.6. The Morgan fingerprint density at radius 2 is 2.08 bits per heavy atom. The van der Waals surface area contributed by atoms with Gasteiger partial charge in [0.05, 0.1) is 18.1 Å². The van der Waals surface area contributed by atoms with Gasteiger partial charge in [0.2, 0.25) is 0 Å². The number of nitrogens with one attached hydrogen (secondary N) is 2. The SMILES string of the molecule is CN=C(NCCCCOCc1ccccc1)NC1CCS(=O)(=O)C1. The van der Waals surface area contributed by atoms with Crippen molar-refractivity contribution in [1.82, 2.24) is 10.6 Å². The summed E-state index contributed by atoms with van der Waals surface area (Å²) in [7, 11) is -1.17. The van der Waals surface area contributed by atoms with E-state index in [0.29, 0.717) is 19.0 Å². The zero-order valence-corrected chi connectivity index (χ0v) is 15.0. The Hall–Kier alpha value is -1.60. The van der Waals surface area contributed by atoms with Gasteiger partial charge in [-0.25, -0.2) is 8.42 Å². The molecule has 24 heavy (non-hydrogen) atoms.